The maximum Gasteiger partial charge on any atom is 0.0679 e. The van der Waals surface area contributed by atoms with Crippen molar-refractivity contribution < 1.29 is 14.9 Å². The molecule has 0 aromatic heterocycles. The van der Waals surface area contributed by atoms with Crippen LogP contribution in [0, 0.1) is 0 Å². The monoisotopic (exact) mass is 286 g/mol. The Morgan fingerprint density at radius 3 is 2.50 bits per heavy atom. The Balaban J connectivity index is 0. The van der Waals surface area contributed by atoms with Crippen LogP contribution in [0.2, 0.25) is 0 Å². The average Bonchev–Trinajstić information content (AvgIpc) is 2.91. The van der Waals surface area contributed by atoms with Gasteiger partial charge in [-0.25, -0.2) is 0 Å². The van der Waals surface area contributed by atoms with Crippen LogP contribution in [0.5, 0.6) is 0 Å². The molecule has 3 nitrogen and oxygen atoms in total. The second-order valence-electron chi connectivity index (χ2n) is 4.68. The highest BCUT2D eigenvalue weighted by molar-refractivity contribution is 5.01. The first-order chi connectivity index (χ1) is 9.63. The Morgan fingerprint density at radius 1 is 1.45 bits per heavy atom. The number of aliphatic hydroxyl groups excluding tert-OH is 2. The van der Waals surface area contributed by atoms with Crippen LogP contribution in [0.3, 0.4) is 0 Å². The molecular weight excluding hydrogens is 252 g/mol. The van der Waals surface area contributed by atoms with Crippen molar-refractivity contribution in [2.75, 3.05) is 13.2 Å². The Kier molecular flexibility index (Phi) is 17.8. The maximum atomic E-state index is 8.94. The Morgan fingerprint density at radius 2 is 2.10 bits per heavy atom. The smallest absolute Gasteiger partial charge is 0.0679 e. The highest BCUT2D eigenvalue weighted by atomic mass is 16.5. The number of rotatable bonds is 7. The van der Waals surface area contributed by atoms with Gasteiger partial charge in [0, 0.05) is 6.61 Å². The largest absolute Gasteiger partial charge is 0.396 e. The molecule has 20 heavy (non-hydrogen) atoms. The zero-order valence-electron chi connectivity index (χ0n) is 13.6. The molecule has 0 aliphatic carbocycles. The van der Waals surface area contributed by atoms with E-state index in [1.54, 1.807) is 0 Å². The summed E-state index contributed by atoms with van der Waals surface area (Å²) >= 11 is 0. The lowest BCUT2D eigenvalue weighted by atomic mass is 10.1. The van der Waals surface area contributed by atoms with Crippen LogP contribution in [0.1, 0.15) is 59.3 Å². The topological polar surface area (TPSA) is 49.7 Å². The SMILES string of the molecule is C=C1COC(CCCO)C1.C=CCCC(O)CC.CC. The molecule has 1 aliphatic rings. The summed E-state index contributed by atoms with van der Waals surface area (Å²) in [6.45, 7) is 14.3. The van der Waals surface area contributed by atoms with E-state index in [4.69, 9.17) is 14.9 Å². The first kappa shape index (κ1) is 21.7. The number of hydrogen-bond donors (Lipinski definition) is 2. The lowest BCUT2D eigenvalue weighted by Gasteiger charge is -2.05. The summed E-state index contributed by atoms with van der Waals surface area (Å²) in [6.07, 6.45) is 7.49. The molecular formula is C17H34O3. The third kappa shape index (κ3) is 13.8. The molecule has 1 aliphatic heterocycles. The molecule has 0 bridgehead atoms. The van der Waals surface area contributed by atoms with Crippen molar-refractivity contribution in [1.29, 1.82) is 0 Å². The number of aliphatic hydroxyl groups is 2. The number of allylic oxidation sites excluding steroid dienone is 1. The predicted octanol–water partition coefficient (Wildman–Crippen LogP) is 3.85. The van der Waals surface area contributed by atoms with Crippen LogP contribution in [0.15, 0.2) is 24.8 Å². The van der Waals surface area contributed by atoms with Gasteiger partial charge >= 0.3 is 0 Å². The molecule has 1 saturated heterocycles. The summed E-state index contributed by atoms with van der Waals surface area (Å²) in [6, 6.07) is 0. The van der Waals surface area contributed by atoms with Crippen LogP contribution in [0.25, 0.3) is 0 Å². The van der Waals surface area contributed by atoms with E-state index < -0.39 is 0 Å². The van der Waals surface area contributed by atoms with Crippen LogP contribution < -0.4 is 0 Å². The second-order valence-corrected chi connectivity index (χ2v) is 4.68. The van der Waals surface area contributed by atoms with Gasteiger partial charge in [-0.2, -0.15) is 0 Å². The van der Waals surface area contributed by atoms with Gasteiger partial charge in [0.2, 0.25) is 0 Å². The van der Waals surface area contributed by atoms with Crippen molar-refractivity contribution >= 4 is 0 Å². The quantitative estimate of drug-likeness (QED) is 0.699. The van der Waals surface area contributed by atoms with Gasteiger partial charge in [0.15, 0.2) is 0 Å². The minimum absolute atomic E-state index is 0.118. The van der Waals surface area contributed by atoms with Crippen LogP contribution in [-0.2, 0) is 4.74 Å². The Labute approximate surface area is 125 Å². The second kappa shape index (κ2) is 16.4. The minimum atomic E-state index is -0.118. The molecule has 3 heteroatoms. The van der Waals surface area contributed by atoms with Crippen molar-refractivity contribution in [2.45, 2.75) is 71.5 Å². The fourth-order valence-electron chi connectivity index (χ4n) is 1.69. The summed E-state index contributed by atoms with van der Waals surface area (Å²) in [5, 5.41) is 17.5. The van der Waals surface area contributed by atoms with Crippen LogP contribution >= 0.6 is 0 Å². The van der Waals surface area contributed by atoms with Gasteiger partial charge in [-0.05, 0) is 44.1 Å². The fraction of sp³-hybridized carbons (Fsp3) is 0.765. The first-order valence-electron chi connectivity index (χ1n) is 7.82. The van der Waals surface area contributed by atoms with E-state index in [9.17, 15) is 0 Å². The molecule has 0 aromatic rings. The molecule has 0 spiro atoms. The highest BCUT2D eigenvalue weighted by Crippen LogP contribution is 2.20. The summed E-state index contributed by atoms with van der Waals surface area (Å²) in [4.78, 5) is 0. The molecule has 1 rings (SSSR count). The van der Waals surface area contributed by atoms with E-state index in [0.29, 0.717) is 6.10 Å². The maximum absolute atomic E-state index is 8.94. The number of hydrogen-bond acceptors (Lipinski definition) is 3. The van der Waals surface area contributed by atoms with Gasteiger partial charge in [-0.3, -0.25) is 0 Å². The molecule has 0 saturated carbocycles. The molecule has 0 amide bonds. The molecule has 2 N–H and O–H groups in total. The third-order valence-corrected chi connectivity index (χ3v) is 2.90. The van der Waals surface area contributed by atoms with Gasteiger partial charge in [0.05, 0.1) is 18.8 Å². The molecule has 0 aromatic carbocycles. The predicted molar refractivity (Wildman–Crippen MR) is 86.9 cm³/mol. The summed E-state index contributed by atoms with van der Waals surface area (Å²) < 4.78 is 5.36. The minimum Gasteiger partial charge on any atom is -0.396 e. The van der Waals surface area contributed by atoms with Crippen molar-refractivity contribution in [3.05, 3.63) is 24.8 Å². The van der Waals surface area contributed by atoms with Gasteiger partial charge in [-0.1, -0.05) is 33.4 Å². The molecule has 2 unspecified atom stereocenters. The summed E-state index contributed by atoms with van der Waals surface area (Å²) in [7, 11) is 0. The standard InChI is InChI=1S/C8H14O2.C7H14O.C2H6/c1-7-5-8(10-6-7)3-2-4-9;1-3-5-6-7(8)4-2;1-2/h8-9H,1-6H2;3,7-8H,1,4-6H2,2H3;1-2H3. The molecule has 120 valence electrons. The molecule has 2 atom stereocenters. The van der Waals surface area contributed by atoms with Gasteiger partial charge < -0.3 is 14.9 Å². The normalized spacial score (nSPS) is 18.4. The van der Waals surface area contributed by atoms with Crippen molar-refractivity contribution in [3.63, 3.8) is 0 Å². The lowest BCUT2D eigenvalue weighted by molar-refractivity contribution is 0.0990. The highest BCUT2D eigenvalue weighted by Gasteiger charge is 2.17. The van der Waals surface area contributed by atoms with E-state index in [2.05, 4.69) is 13.2 Å². The summed E-state index contributed by atoms with van der Waals surface area (Å²) in [5.41, 5.74) is 1.18. The lowest BCUT2D eigenvalue weighted by Crippen LogP contribution is -2.04. The molecule has 1 heterocycles. The van der Waals surface area contributed by atoms with Crippen LogP contribution in [-0.4, -0.2) is 35.6 Å². The molecule has 0 radical (unpaired) electrons. The average molecular weight is 286 g/mol. The van der Waals surface area contributed by atoms with Gasteiger partial charge in [0.25, 0.3) is 0 Å². The third-order valence-electron chi connectivity index (χ3n) is 2.90. The van der Waals surface area contributed by atoms with E-state index >= 15 is 0 Å². The van der Waals surface area contributed by atoms with Crippen molar-refractivity contribution in [2.24, 2.45) is 0 Å². The summed E-state index contributed by atoms with van der Waals surface area (Å²) in [5.74, 6) is 0. The van der Waals surface area contributed by atoms with E-state index in [1.807, 2.05) is 26.8 Å². The van der Waals surface area contributed by atoms with Crippen molar-refractivity contribution in [1.82, 2.24) is 0 Å². The van der Waals surface area contributed by atoms with Gasteiger partial charge in [-0.15, -0.1) is 6.58 Å². The Bertz CT molecular complexity index is 226. The van der Waals surface area contributed by atoms with Gasteiger partial charge in [0.1, 0.15) is 0 Å². The van der Waals surface area contributed by atoms with Crippen molar-refractivity contribution in [3.8, 4) is 0 Å². The first-order valence-corrected chi connectivity index (χ1v) is 7.82. The van der Waals surface area contributed by atoms with E-state index in [1.165, 1.54) is 5.57 Å². The van der Waals surface area contributed by atoms with E-state index in [0.717, 1.165) is 45.1 Å². The zero-order valence-corrected chi connectivity index (χ0v) is 13.6. The molecule has 1 fully saturated rings. The van der Waals surface area contributed by atoms with E-state index in [-0.39, 0.29) is 12.7 Å². The Hall–Kier alpha value is -0.640. The zero-order chi connectivity index (χ0) is 15.8. The fourth-order valence-corrected chi connectivity index (χ4v) is 1.69. The number of ether oxygens (including phenoxy) is 1. The van der Waals surface area contributed by atoms with Crippen LogP contribution in [0.4, 0.5) is 0 Å².